The number of hydrogen-bond donors (Lipinski definition) is 1. The third-order valence-electron chi connectivity index (χ3n) is 3.70. The molecular weight excluding hydrogens is 256 g/mol. The smallest absolute Gasteiger partial charge is 0.133 e. The number of nitrogens with one attached hydrogen (secondary N) is 1. The zero-order chi connectivity index (χ0) is 13.7. The van der Waals surface area contributed by atoms with Crippen molar-refractivity contribution in [2.75, 3.05) is 19.6 Å². The Kier molecular flexibility index (Phi) is 5.06. The number of aryl methyl sites for hydroxylation is 1. The van der Waals surface area contributed by atoms with Crippen LogP contribution >= 0.6 is 11.3 Å². The number of hydrogen-bond acceptors (Lipinski definition) is 4. The normalized spacial score (nSPS) is 24.7. The van der Waals surface area contributed by atoms with E-state index in [9.17, 15) is 5.26 Å². The van der Waals surface area contributed by atoms with Crippen molar-refractivity contribution in [2.24, 2.45) is 4.99 Å². The average Bonchev–Trinajstić information content (AvgIpc) is 3.03. The molecule has 1 aliphatic heterocycles. The molecule has 3 atom stereocenters. The summed E-state index contributed by atoms with van der Waals surface area (Å²) in [5.41, 5.74) is 0.978. The number of thiazole rings is 1. The quantitative estimate of drug-likeness (QED) is 0.822. The van der Waals surface area contributed by atoms with E-state index in [1.165, 1.54) is 37.3 Å². The van der Waals surface area contributed by atoms with Gasteiger partial charge in [0.2, 0.25) is 0 Å². The van der Waals surface area contributed by atoms with Crippen molar-refractivity contribution in [1.29, 1.82) is 5.26 Å². The van der Waals surface area contributed by atoms with E-state index < -0.39 is 0 Å². The molecule has 1 aliphatic rings. The van der Waals surface area contributed by atoms with E-state index in [0.717, 1.165) is 17.2 Å². The van der Waals surface area contributed by atoms with Crippen LogP contribution in [0.2, 0.25) is 0 Å². The SMILES string of the molecule is CC[NH+]1CCC[C@@H]1CN=CC(C#N)c1nc(C)cs1. The molecular formula is C14H21N4S+. The average molecular weight is 277 g/mol. The fourth-order valence-electron chi connectivity index (χ4n) is 2.63. The zero-order valence-electron chi connectivity index (χ0n) is 11.6. The predicted octanol–water partition coefficient (Wildman–Crippen LogP) is 1.20. The Hall–Kier alpha value is -1.25. The number of quaternary nitrogens is 1. The van der Waals surface area contributed by atoms with E-state index in [1.807, 2.05) is 12.3 Å². The third kappa shape index (κ3) is 3.62. The standard InChI is InChI=1S/C14H20N4S/c1-3-18-6-4-5-13(18)9-16-8-12(7-15)14-17-11(2)10-19-14/h8,10,12-13H,3-6,9H2,1-2H3/p+1/t12?,13-/m1/s1. The monoisotopic (exact) mass is 277 g/mol. The summed E-state index contributed by atoms with van der Waals surface area (Å²) in [6.07, 6.45) is 4.34. The van der Waals surface area contributed by atoms with Gasteiger partial charge in [-0.1, -0.05) is 0 Å². The second-order valence-electron chi connectivity index (χ2n) is 5.05. The van der Waals surface area contributed by atoms with E-state index >= 15 is 0 Å². The molecule has 2 rings (SSSR count). The van der Waals surface area contributed by atoms with Crippen LogP contribution in [0.5, 0.6) is 0 Å². The molecule has 1 aromatic heterocycles. The molecule has 0 radical (unpaired) electrons. The molecule has 0 aliphatic carbocycles. The van der Waals surface area contributed by atoms with Crippen molar-refractivity contribution in [2.45, 2.75) is 38.6 Å². The number of likely N-dealkylation sites (tertiary alicyclic amines) is 1. The highest BCUT2D eigenvalue weighted by Gasteiger charge is 2.26. The van der Waals surface area contributed by atoms with Crippen molar-refractivity contribution in [3.8, 4) is 6.07 Å². The number of nitriles is 1. The van der Waals surface area contributed by atoms with Gasteiger partial charge in [0.1, 0.15) is 17.0 Å². The Morgan fingerprint density at radius 1 is 1.74 bits per heavy atom. The maximum atomic E-state index is 9.20. The van der Waals surface area contributed by atoms with Crippen LogP contribution in [0.3, 0.4) is 0 Å². The molecule has 1 N–H and O–H groups in total. The molecule has 2 unspecified atom stereocenters. The molecule has 1 saturated heterocycles. The summed E-state index contributed by atoms with van der Waals surface area (Å²) >= 11 is 1.54. The Bertz CT molecular complexity index is 474. The molecule has 2 heterocycles. The van der Waals surface area contributed by atoms with Crippen LogP contribution in [0, 0.1) is 18.3 Å². The first-order chi connectivity index (χ1) is 9.24. The van der Waals surface area contributed by atoms with Crippen molar-refractivity contribution in [1.82, 2.24) is 4.98 Å². The van der Waals surface area contributed by atoms with Gasteiger partial charge >= 0.3 is 0 Å². The summed E-state index contributed by atoms with van der Waals surface area (Å²) in [6.45, 7) is 7.46. The maximum absolute atomic E-state index is 9.20. The maximum Gasteiger partial charge on any atom is 0.133 e. The van der Waals surface area contributed by atoms with Crippen molar-refractivity contribution in [3.63, 3.8) is 0 Å². The summed E-state index contributed by atoms with van der Waals surface area (Å²) < 4.78 is 0. The van der Waals surface area contributed by atoms with Crippen molar-refractivity contribution in [3.05, 3.63) is 16.1 Å². The Balaban J connectivity index is 1.92. The highest BCUT2D eigenvalue weighted by Crippen LogP contribution is 2.18. The molecule has 0 saturated carbocycles. The number of rotatable bonds is 5. The molecule has 102 valence electrons. The van der Waals surface area contributed by atoms with Gasteiger partial charge in [-0.15, -0.1) is 11.3 Å². The number of aromatic nitrogens is 1. The van der Waals surface area contributed by atoms with Crippen molar-refractivity contribution < 1.29 is 4.90 Å². The van der Waals surface area contributed by atoms with Gasteiger partial charge in [-0.2, -0.15) is 5.26 Å². The largest absolute Gasteiger partial charge is 0.331 e. The molecule has 4 nitrogen and oxygen atoms in total. The van der Waals surface area contributed by atoms with Crippen LogP contribution in [0.4, 0.5) is 0 Å². The number of aliphatic imine (C=N–C) groups is 1. The minimum absolute atomic E-state index is 0.287. The Morgan fingerprint density at radius 2 is 2.58 bits per heavy atom. The first-order valence-corrected chi connectivity index (χ1v) is 7.78. The summed E-state index contributed by atoms with van der Waals surface area (Å²) in [5.74, 6) is -0.287. The summed E-state index contributed by atoms with van der Waals surface area (Å²) in [7, 11) is 0. The van der Waals surface area contributed by atoms with Crippen LogP contribution < -0.4 is 4.90 Å². The van der Waals surface area contributed by atoms with Gasteiger partial charge in [-0.05, 0) is 13.8 Å². The predicted molar refractivity (Wildman–Crippen MR) is 78.0 cm³/mol. The number of nitrogens with zero attached hydrogens (tertiary/aromatic N) is 3. The number of likely N-dealkylation sites (N-methyl/N-ethyl adjacent to an activating group) is 1. The van der Waals surface area contributed by atoms with Gasteiger partial charge in [0.05, 0.1) is 25.7 Å². The van der Waals surface area contributed by atoms with Gasteiger partial charge in [0, 0.05) is 30.1 Å². The fraction of sp³-hybridized carbons (Fsp3) is 0.643. The van der Waals surface area contributed by atoms with Gasteiger partial charge in [0.15, 0.2) is 0 Å². The van der Waals surface area contributed by atoms with E-state index in [0.29, 0.717) is 6.04 Å². The molecule has 0 bridgehead atoms. The molecule has 5 heteroatoms. The van der Waals surface area contributed by atoms with Crippen LogP contribution in [0.1, 0.15) is 36.4 Å². The lowest BCUT2D eigenvalue weighted by molar-refractivity contribution is -0.908. The lowest BCUT2D eigenvalue weighted by Crippen LogP contribution is -3.13. The second kappa shape index (κ2) is 6.78. The van der Waals surface area contributed by atoms with Gasteiger partial charge < -0.3 is 4.90 Å². The fourth-order valence-corrected chi connectivity index (χ4v) is 3.43. The Morgan fingerprint density at radius 3 is 3.21 bits per heavy atom. The summed E-state index contributed by atoms with van der Waals surface area (Å²) in [5, 5.41) is 12.0. The first-order valence-electron chi connectivity index (χ1n) is 6.90. The second-order valence-corrected chi connectivity index (χ2v) is 5.94. The van der Waals surface area contributed by atoms with Crippen LogP contribution in [-0.2, 0) is 0 Å². The van der Waals surface area contributed by atoms with Crippen LogP contribution in [0.25, 0.3) is 0 Å². The lowest BCUT2D eigenvalue weighted by atomic mass is 10.2. The highest BCUT2D eigenvalue weighted by atomic mass is 32.1. The summed E-state index contributed by atoms with van der Waals surface area (Å²) in [4.78, 5) is 10.5. The minimum Gasteiger partial charge on any atom is -0.331 e. The molecule has 1 fully saturated rings. The Labute approximate surface area is 118 Å². The van der Waals surface area contributed by atoms with Gasteiger partial charge in [0.25, 0.3) is 0 Å². The molecule has 0 aromatic carbocycles. The van der Waals surface area contributed by atoms with Gasteiger partial charge in [-0.3, -0.25) is 4.99 Å². The topological polar surface area (TPSA) is 53.5 Å². The molecule has 0 spiro atoms. The molecule has 19 heavy (non-hydrogen) atoms. The molecule has 1 aromatic rings. The summed E-state index contributed by atoms with van der Waals surface area (Å²) in [6, 6.07) is 2.91. The zero-order valence-corrected chi connectivity index (χ0v) is 12.4. The van der Waals surface area contributed by atoms with Crippen molar-refractivity contribution >= 4 is 17.6 Å². The first kappa shape index (κ1) is 14.2. The van der Waals surface area contributed by atoms with Crippen LogP contribution in [0.15, 0.2) is 10.4 Å². The van der Waals surface area contributed by atoms with E-state index in [1.54, 1.807) is 11.1 Å². The highest BCUT2D eigenvalue weighted by molar-refractivity contribution is 7.09. The van der Waals surface area contributed by atoms with Crippen LogP contribution in [-0.4, -0.2) is 36.9 Å². The van der Waals surface area contributed by atoms with Gasteiger partial charge in [-0.25, -0.2) is 4.98 Å². The van der Waals surface area contributed by atoms with E-state index in [2.05, 4.69) is 23.0 Å². The third-order valence-corrected chi connectivity index (χ3v) is 4.75. The van der Waals surface area contributed by atoms with E-state index in [4.69, 9.17) is 0 Å². The minimum atomic E-state index is -0.287. The molecule has 0 amide bonds. The lowest BCUT2D eigenvalue weighted by Gasteiger charge is -2.17. The van der Waals surface area contributed by atoms with E-state index in [-0.39, 0.29) is 5.92 Å².